The molecule has 0 aliphatic heterocycles. The number of hydrogen-bond donors (Lipinski definition) is 1. The average Bonchev–Trinajstić information content (AvgIpc) is 2.57. The lowest BCUT2D eigenvalue weighted by atomic mass is 10.2. The second-order valence-corrected chi connectivity index (χ2v) is 6.53. The van der Waals surface area contributed by atoms with Gasteiger partial charge >= 0.3 is 6.18 Å². The molecule has 1 aromatic heterocycles. The number of halogens is 5. The number of alkyl halides is 3. The van der Waals surface area contributed by atoms with Crippen LogP contribution in [0.1, 0.15) is 11.3 Å². The van der Waals surface area contributed by atoms with Gasteiger partial charge in [0.25, 0.3) is 5.56 Å². The second-order valence-electron chi connectivity index (χ2n) is 5.66. The highest BCUT2D eigenvalue weighted by atomic mass is 35.5. The normalized spacial score (nSPS) is 11.4. The van der Waals surface area contributed by atoms with Crippen LogP contribution in [0.15, 0.2) is 59.4 Å². The Balaban J connectivity index is 2.09. The Kier molecular flexibility index (Phi) is 5.43. The lowest BCUT2D eigenvalue weighted by Gasteiger charge is -2.16. The molecule has 3 rings (SSSR count). The van der Waals surface area contributed by atoms with Gasteiger partial charge < -0.3 is 5.32 Å². The van der Waals surface area contributed by atoms with Crippen LogP contribution in [0, 0.1) is 0 Å². The number of aromatic nitrogens is 2. The summed E-state index contributed by atoms with van der Waals surface area (Å²) in [6, 6.07) is 13.7. The van der Waals surface area contributed by atoms with Crippen molar-refractivity contribution in [3.05, 3.63) is 86.3 Å². The largest absolute Gasteiger partial charge is 0.433 e. The molecule has 140 valence electrons. The molecule has 1 N–H and O–H groups in total. The van der Waals surface area contributed by atoms with E-state index in [2.05, 4.69) is 10.3 Å². The highest BCUT2D eigenvalue weighted by Gasteiger charge is 2.34. The van der Waals surface area contributed by atoms with Crippen LogP contribution in [0.25, 0.3) is 0 Å². The minimum absolute atomic E-state index is 0.0431. The van der Waals surface area contributed by atoms with Crippen molar-refractivity contribution in [1.29, 1.82) is 0 Å². The van der Waals surface area contributed by atoms with Gasteiger partial charge in [-0.25, -0.2) is 4.98 Å². The fourth-order valence-corrected chi connectivity index (χ4v) is 2.95. The molecule has 2 aromatic carbocycles. The molecule has 1 heterocycles. The van der Waals surface area contributed by atoms with E-state index in [0.29, 0.717) is 11.8 Å². The smallest absolute Gasteiger partial charge is 0.325 e. The van der Waals surface area contributed by atoms with Gasteiger partial charge in [0.1, 0.15) is 0 Å². The molecule has 0 unspecified atom stereocenters. The first kappa shape index (κ1) is 19.3. The summed E-state index contributed by atoms with van der Waals surface area (Å²) in [5.74, 6) is -0.267. The van der Waals surface area contributed by atoms with E-state index < -0.39 is 17.4 Å². The fourth-order valence-electron chi connectivity index (χ4n) is 2.42. The van der Waals surface area contributed by atoms with Crippen molar-refractivity contribution in [3.8, 4) is 0 Å². The molecule has 0 spiro atoms. The van der Waals surface area contributed by atoms with Gasteiger partial charge in [0, 0.05) is 21.8 Å². The van der Waals surface area contributed by atoms with Crippen molar-refractivity contribution in [2.75, 3.05) is 5.32 Å². The summed E-state index contributed by atoms with van der Waals surface area (Å²) in [5.41, 5.74) is -1.09. The van der Waals surface area contributed by atoms with E-state index in [-0.39, 0.29) is 22.5 Å². The predicted octanol–water partition coefficient (Wildman–Crippen LogP) is 5.36. The number of benzene rings is 2. The Bertz CT molecular complexity index is 1000. The summed E-state index contributed by atoms with van der Waals surface area (Å²) in [5, 5.41) is 3.28. The molecule has 0 saturated carbocycles. The summed E-state index contributed by atoms with van der Waals surface area (Å²) in [4.78, 5) is 16.0. The van der Waals surface area contributed by atoms with Crippen molar-refractivity contribution >= 4 is 34.8 Å². The molecular weight excluding hydrogens is 402 g/mol. The van der Waals surface area contributed by atoms with Crippen molar-refractivity contribution in [2.24, 2.45) is 0 Å². The SMILES string of the molecule is O=c1cc(C(F)(F)F)nc(Nc2cc(Cl)cc(Cl)c2)n1Cc1ccccc1. The minimum atomic E-state index is -4.76. The summed E-state index contributed by atoms with van der Waals surface area (Å²) >= 11 is 11.9. The van der Waals surface area contributed by atoms with E-state index in [1.807, 2.05) is 0 Å². The number of nitrogens with zero attached hydrogens (tertiary/aromatic N) is 2. The molecule has 0 radical (unpaired) electrons. The Hall–Kier alpha value is -2.51. The lowest BCUT2D eigenvalue weighted by Crippen LogP contribution is -2.27. The average molecular weight is 414 g/mol. The summed E-state index contributed by atoms with van der Waals surface area (Å²) < 4.78 is 40.4. The lowest BCUT2D eigenvalue weighted by molar-refractivity contribution is -0.141. The molecular formula is C18H12Cl2F3N3O. The zero-order valence-electron chi connectivity index (χ0n) is 13.6. The maximum absolute atomic E-state index is 13.1. The van der Waals surface area contributed by atoms with E-state index in [1.165, 1.54) is 18.2 Å². The van der Waals surface area contributed by atoms with Crippen LogP contribution in [0.4, 0.5) is 24.8 Å². The standard InChI is InChI=1S/C18H12Cl2F3N3O/c19-12-6-13(20)8-14(7-12)24-17-25-15(18(21,22)23)9-16(27)26(17)10-11-4-2-1-3-5-11/h1-9H,10H2,(H,24,25). The second kappa shape index (κ2) is 7.62. The summed E-state index contributed by atoms with van der Waals surface area (Å²) in [6.45, 7) is 0.0431. The Morgan fingerprint density at radius 3 is 2.22 bits per heavy atom. The van der Waals surface area contributed by atoms with Crippen LogP contribution in [0.3, 0.4) is 0 Å². The number of nitrogens with one attached hydrogen (secondary N) is 1. The third-order valence-corrected chi connectivity index (χ3v) is 4.04. The first-order valence-corrected chi connectivity index (χ1v) is 8.44. The van der Waals surface area contributed by atoms with Gasteiger partial charge in [-0.15, -0.1) is 0 Å². The van der Waals surface area contributed by atoms with Crippen molar-refractivity contribution in [3.63, 3.8) is 0 Å². The van der Waals surface area contributed by atoms with Gasteiger partial charge in [0.2, 0.25) is 5.95 Å². The highest BCUT2D eigenvalue weighted by Crippen LogP contribution is 2.29. The third-order valence-electron chi connectivity index (χ3n) is 3.60. The van der Waals surface area contributed by atoms with Gasteiger partial charge in [-0.05, 0) is 23.8 Å². The van der Waals surface area contributed by atoms with E-state index in [4.69, 9.17) is 23.2 Å². The van der Waals surface area contributed by atoms with E-state index in [1.54, 1.807) is 30.3 Å². The number of rotatable bonds is 4. The van der Waals surface area contributed by atoms with Crippen molar-refractivity contribution in [2.45, 2.75) is 12.7 Å². The molecule has 3 aromatic rings. The fraction of sp³-hybridized carbons (Fsp3) is 0.111. The first-order chi connectivity index (χ1) is 12.7. The molecule has 0 amide bonds. The quantitative estimate of drug-likeness (QED) is 0.625. The summed E-state index contributed by atoms with van der Waals surface area (Å²) in [6.07, 6.45) is -4.76. The molecule has 0 saturated heterocycles. The van der Waals surface area contributed by atoms with Gasteiger partial charge in [-0.3, -0.25) is 9.36 Å². The Labute approximate surface area is 162 Å². The van der Waals surface area contributed by atoms with Crippen LogP contribution in [-0.2, 0) is 12.7 Å². The van der Waals surface area contributed by atoms with Crippen LogP contribution < -0.4 is 10.9 Å². The number of hydrogen-bond acceptors (Lipinski definition) is 3. The monoisotopic (exact) mass is 413 g/mol. The molecule has 27 heavy (non-hydrogen) atoms. The van der Waals surface area contributed by atoms with Gasteiger partial charge in [0.05, 0.1) is 6.54 Å². The van der Waals surface area contributed by atoms with E-state index in [9.17, 15) is 18.0 Å². The van der Waals surface area contributed by atoms with Crippen LogP contribution in [-0.4, -0.2) is 9.55 Å². The highest BCUT2D eigenvalue weighted by molar-refractivity contribution is 6.35. The first-order valence-electron chi connectivity index (χ1n) is 7.68. The van der Waals surface area contributed by atoms with Crippen LogP contribution in [0.5, 0.6) is 0 Å². The van der Waals surface area contributed by atoms with E-state index in [0.717, 1.165) is 10.1 Å². The molecule has 0 atom stereocenters. The zero-order chi connectivity index (χ0) is 19.6. The molecule has 0 fully saturated rings. The van der Waals surface area contributed by atoms with Gasteiger partial charge in [-0.2, -0.15) is 13.2 Å². The summed E-state index contributed by atoms with van der Waals surface area (Å²) in [7, 11) is 0. The molecule has 0 aliphatic carbocycles. The van der Waals surface area contributed by atoms with Gasteiger partial charge in [0.15, 0.2) is 5.69 Å². The Morgan fingerprint density at radius 2 is 1.63 bits per heavy atom. The molecule has 4 nitrogen and oxygen atoms in total. The maximum Gasteiger partial charge on any atom is 0.433 e. The molecule has 0 bridgehead atoms. The van der Waals surface area contributed by atoms with Crippen LogP contribution in [0.2, 0.25) is 10.0 Å². The number of anilines is 2. The van der Waals surface area contributed by atoms with E-state index >= 15 is 0 Å². The maximum atomic E-state index is 13.1. The molecule has 0 aliphatic rings. The molecule has 9 heteroatoms. The van der Waals surface area contributed by atoms with Crippen molar-refractivity contribution in [1.82, 2.24) is 9.55 Å². The minimum Gasteiger partial charge on any atom is -0.325 e. The van der Waals surface area contributed by atoms with Gasteiger partial charge in [-0.1, -0.05) is 53.5 Å². The van der Waals surface area contributed by atoms with Crippen molar-refractivity contribution < 1.29 is 13.2 Å². The third kappa shape index (κ3) is 4.81. The Morgan fingerprint density at radius 1 is 1.00 bits per heavy atom. The zero-order valence-corrected chi connectivity index (χ0v) is 15.1. The topological polar surface area (TPSA) is 46.9 Å². The predicted molar refractivity (Wildman–Crippen MR) is 98.8 cm³/mol. The van der Waals surface area contributed by atoms with Crippen LogP contribution >= 0.6 is 23.2 Å².